The molecular weight excluding hydrogens is 272 g/mol. The molecular formula is C15H26N2O2S. The third-order valence-corrected chi connectivity index (χ3v) is 5.33. The lowest BCUT2D eigenvalue weighted by atomic mass is 9.82. The number of hydrogen-bond acceptors (Lipinski definition) is 3. The summed E-state index contributed by atoms with van der Waals surface area (Å²) in [6, 6.07) is 5.07. The first kappa shape index (κ1) is 17.1. The van der Waals surface area contributed by atoms with E-state index >= 15 is 0 Å². The Kier molecular flexibility index (Phi) is 5.35. The lowest BCUT2D eigenvalue weighted by molar-refractivity contribution is 0.263. The molecule has 3 N–H and O–H groups in total. The van der Waals surface area contributed by atoms with E-state index in [2.05, 4.69) is 25.5 Å². The molecule has 0 saturated heterocycles. The van der Waals surface area contributed by atoms with Crippen LogP contribution in [0.3, 0.4) is 0 Å². The van der Waals surface area contributed by atoms with E-state index in [9.17, 15) is 8.42 Å². The van der Waals surface area contributed by atoms with Crippen LogP contribution >= 0.6 is 0 Å². The highest BCUT2D eigenvalue weighted by Crippen LogP contribution is 2.25. The molecule has 0 aliphatic carbocycles. The Balaban J connectivity index is 2.90. The Morgan fingerprint density at radius 1 is 1.30 bits per heavy atom. The third kappa shape index (κ3) is 4.30. The minimum Gasteiger partial charge on any atom is -0.326 e. The molecule has 0 aliphatic rings. The second-order valence-corrected chi connectivity index (χ2v) is 8.18. The highest BCUT2D eigenvalue weighted by atomic mass is 32.2. The lowest BCUT2D eigenvalue weighted by Gasteiger charge is -2.27. The van der Waals surface area contributed by atoms with E-state index in [-0.39, 0.29) is 16.2 Å². The number of nitrogens with two attached hydrogens (primary N) is 1. The Morgan fingerprint density at radius 2 is 1.90 bits per heavy atom. The Bertz CT molecular complexity index is 560. The van der Waals surface area contributed by atoms with E-state index in [0.29, 0.717) is 13.1 Å². The third-order valence-electron chi connectivity index (χ3n) is 3.91. The molecule has 0 aromatic heterocycles. The van der Waals surface area contributed by atoms with Crippen LogP contribution in [0.2, 0.25) is 0 Å². The van der Waals surface area contributed by atoms with Crippen molar-refractivity contribution in [1.82, 2.24) is 4.72 Å². The van der Waals surface area contributed by atoms with E-state index < -0.39 is 10.0 Å². The molecule has 0 amide bonds. The second-order valence-electron chi connectivity index (χ2n) is 6.41. The van der Waals surface area contributed by atoms with Gasteiger partial charge in [-0.25, -0.2) is 13.1 Å². The predicted octanol–water partition coefficient (Wildman–Crippen LogP) is 2.41. The largest absolute Gasteiger partial charge is 0.326 e. The number of benzene rings is 1. The quantitative estimate of drug-likeness (QED) is 0.877. The SMILES string of the molecule is Cc1ccc(S(=O)(=O)NCC(C)C(C)(C)C)cc1CN. The van der Waals surface area contributed by atoms with Crippen molar-refractivity contribution in [3.8, 4) is 0 Å². The number of nitrogens with one attached hydrogen (secondary N) is 1. The predicted molar refractivity (Wildman–Crippen MR) is 82.9 cm³/mol. The highest BCUT2D eigenvalue weighted by Gasteiger charge is 2.23. The zero-order valence-corrected chi connectivity index (χ0v) is 13.8. The van der Waals surface area contributed by atoms with Gasteiger partial charge in [-0.1, -0.05) is 33.8 Å². The van der Waals surface area contributed by atoms with Crippen LogP contribution in [0.25, 0.3) is 0 Å². The summed E-state index contributed by atoms with van der Waals surface area (Å²) in [5.41, 5.74) is 7.56. The molecule has 1 aromatic rings. The van der Waals surface area contributed by atoms with Gasteiger partial charge in [-0.3, -0.25) is 0 Å². The average molecular weight is 298 g/mol. The summed E-state index contributed by atoms with van der Waals surface area (Å²) >= 11 is 0. The van der Waals surface area contributed by atoms with Gasteiger partial charge < -0.3 is 5.73 Å². The molecule has 1 rings (SSSR count). The molecule has 4 nitrogen and oxygen atoms in total. The van der Waals surface area contributed by atoms with Crippen molar-refractivity contribution < 1.29 is 8.42 Å². The fourth-order valence-corrected chi connectivity index (χ4v) is 2.84. The fraction of sp³-hybridized carbons (Fsp3) is 0.600. The molecule has 5 heteroatoms. The molecule has 0 spiro atoms. The monoisotopic (exact) mass is 298 g/mol. The Morgan fingerprint density at radius 3 is 2.40 bits per heavy atom. The molecule has 0 aliphatic heterocycles. The van der Waals surface area contributed by atoms with E-state index in [1.54, 1.807) is 18.2 Å². The van der Waals surface area contributed by atoms with Crippen molar-refractivity contribution in [1.29, 1.82) is 0 Å². The summed E-state index contributed by atoms with van der Waals surface area (Å²) in [6.07, 6.45) is 0. The normalized spacial score (nSPS) is 14.3. The standard InChI is InChI=1S/C15H26N2O2S/c1-11-6-7-14(8-13(11)9-16)20(18,19)17-10-12(2)15(3,4)5/h6-8,12,17H,9-10,16H2,1-5H3. The summed E-state index contributed by atoms with van der Waals surface area (Å²) in [7, 11) is -3.47. The molecule has 0 fully saturated rings. The van der Waals surface area contributed by atoms with Crippen LogP contribution in [0.5, 0.6) is 0 Å². The van der Waals surface area contributed by atoms with Gasteiger partial charge in [-0.05, 0) is 41.5 Å². The molecule has 0 radical (unpaired) electrons. The highest BCUT2D eigenvalue weighted by molar-refractivity contribution is 7.89. The molecule has 0 heterocycles. The molecule has 1 unspecified atom stereocenters. The van der Waals surface area contributed by atoms with E-state index in [1.165, 1.54) is 0 Å². The van der Waals surface area contributed by atoms with Gasteiger partial charge in [0.1, 0.15) is 0 Å². The van der Waals surface area contributed by atoms with Crippen LogP contribution in [0.4, 0.5) is 0 Å². The van der Waals surface area contributed by atoms with Gasteiger partial charge in [0, 0.05) is 13.1 Å². The molecule has 0 bridgehead atoms. The first-order chi connectivity index (χ1) is 9.08. The van der Waals surface area contributed by atoms with Crippen molar-refractivity contribution in [2.24, 2.45) is 17.1 Å². The van der Waals surface area contributed by atoms with Crippen LogP contribution < -0.4 is 10.5 Å². The van der Waals surface area contributed by atoms with E-state index in [4.69, 9.17) is 5.73 Å². The van der Waals surface area contributed by atoms with Crippen LogP contribution in [0.1, 0.15) is 38.8 Å². The van der Waals surface area contributed by atoms with E-state index in [1.807, 2.05) is 13.8 Å². The summed E-state index contributed by atoms with van der Waals surface area (Å²) in [5, 5.41) is 0. The van der Waals surface area contributed by atoms with Crippen molar-refractivity contribution in [2.45, 2.75) is 46.1 Å². The van der Waals surface area contributed by atoms with Gasteiger partial charge in [-0.2, -0.15) is 0 Å². The maximum absolute atomic E-state index is 12.3. The second kappa shape index (κ2) is 6.24. The molecule has 20 heavy (non-hydrogen) atoms. The van der Waals surface area contributed by atoms with Crippen LogP contribution in [-0.2, 0) is 16.6 Å². The number of sulfonamides is 1. The number of aryl methyl sites for hydroxylation is 1. The van der Waals surface area contributed by atoms with Crippen LogP contribution in [0, 0.1) is 18.3 Å². The Labute approximate surface area is 122 Å². The summed E-state index contributed by atoms with van der Waals surface area (Å²) in [5.74, 6) is 0.247. The van der Waals surface area contributed by atoms with Crippen LogP contribution in [0.15, 0.2) is 23.1 Å². The smallest absolute Gasteiger partial charge is 0.240 e. The van der Waals surface area contributed by atoms with Gasteiger partial charge in [0.15, 0.2) is 0 Å². The van der Waals surface area contributed by atoms with Crippen molar-refractivity contribution in [3.63, 3.8) is 0 Å². The minimum absolute atomic E-state index is 0.0677. The van der Waals surface area contributed by atoms with Crippen molar-refractivity contribution in [2.75, 3.05) is 6.54 Å². The van der Waals surface area contributed by atoms with Gasteiger partial charge in [0.05, 0.1) is 4.90 Å². The average Bonchev–Trinajstić information content (AvgIpc) is 2.35. The zero-order chi connectivity index (χ0) is 15.6. The van der Waals surface area contributed by atoms with Crippen LogP contribution in [-0.4, -0.2) is 15.0 Å². The number of hydrogen-bond donors (Lipinski definition) is 2. The van der Waals surface area contributed by atoms with Gasteiger partial charge in [0.25, 0.3) is 0 Å². The Hall–Kier alpha value is -0.910. The number of rotatable bonds is 5. The minimum atomic E-state index is -3.47. The molecule has 1 atom stereocenters. The maximum Gasteiger partial charge on any atom is 0.240 e. The molecule has 114 valence electrons. The fourth-order valence-electron chi connectivity index (χ4n) is 1.66. The van der Waals surface area contributed by atoms with E-state index in [0.717, 1.165) is 11.1 Å². The van der Waals surface area contributed by atoms with Gasteiger partial charge in [-0.15, -0.1) is 0 Å². The topological polar surface area (TPSA) is 72.2 Å². The first-order valence-electron chi connectivity index (χ1n) is 6.87. The molecule has 0 saturated carbocycles. The van der Waals surface area contributed by atoms with Crippen molar-refractivity contribution >= 4 is 10.0 Å². The maximum atomic E-state index is 12.3. The summed E-state index contributed by atoms with van der Waals surface area (Å²) in [4.78, 5) is 0.282. The molecule has 1 aromatic carbocycles. The first-order valence-corrected chi connectivity index (χ1v) is 8.35. The van der Waals surface area contributed by atoms with Gasteiger partial charge in [0.2, 0.25) is 10.0 Å². The van der Waals surface area contributed by atoms with Gasteiger partial charge >= 0.3 is 0 Å². The zero-order valence-electron chi connectivity index (χ0n) is 13.0. The van der Waals surface area contributed by atoms with Crippen molar-refractivity contribution in [3.05, 3.63) is 29.3 Å². The summed E-state index contributed by atoms with van der Waals surface area (Å²) < 4.78 is 27.3. The lowest BCUT2D eigenvalue weighted by Crippen LogP contribution is -2.33. The summed E-state index contributed by atoms with van der Waals surface area (Å²) in [6.45, 7) is 11.0.